The van der Waals surface area contributed by atoms with Crippen molar-refractivity contribution in [3.05, 3.63) is 35.1 Å². The Balaban J connectivity index is 2.13. The smallest absolute Gasteiger partial charge is 0.351 e. The lowest BCUT2D eigenvalue weighted by atomic mass is 10.1. The van der Waals surface area contributed by atoms with E-state index in [2.05, 4.69) is 5.32 Å². The number of likely N-dealkylation sites (N-methyl/N-ethyl adjacent to an activating group) is 1. The number of nitrogens with zero attached hydrogens (tertiary/aromatic N) is 1. The predicted molar refractivity (Wildman–Crippen MR) is 77.8 cm³/mol. The van der Waals surface area contributed by atoms with Gasteiger partial charge in [-0.15, -0.1) is 0 Å². The Labute approximate surface area is 136 Å². The summed E-state index contributed by atoms with van der Waals surface area (Å²) in [5.41, 5.74) is -1.46. The molecule has 0 radical (unpaired) electrons. The highest BCUT2D eigenvalue weighted by Crippen LogP contribution is 2.32. The molecule has 5 nitrogen and oxygen atoms in total. The third kappa shape index (κ3) is 3.86. The molecule has 24 heavy (non-hydrogen) atoms. The quantitative estimate of drug-likeness (QED) is 0.826. The Kier molecular flexibility index (Phi) is 5.19. The Hall–Kier alpha value is -1.68. The molecular weight excluding hydrogens is 352 g/mol. The number of carbonyl (C=O) groups excluding carboxylic acids is 1. The topological polar surface area (TPSA) is 66.5 Å². The molecule has 0 aromatic heterocycles. The highest BCUT2D eigenvalue weighted by molar-refractivity contribution is 7.89. The Morgan fingerprint density at radius 1 is 1.38 bits per heavy atom. The molecule has 1 amide bonds. The van der Waals surface area contributed by atoms with Crippen LogP contribution in [-0.2, 0) is 27.5 Å². The number of carbonyl (C=O) groups is 1. The van der Waals surface area contributed by atoms with Gasteiger partial charge in [-0.2, -0.15) is 17.5 Å². The van der Waals surface area contributed by atoms with Crippen molar-refractivity contribution in [1.82, 2.24) is 9.62 Å². The Morgan fingerprint density at radius 2 is 2.04 bits per heavy atom. The van der Waals surface area contributed by atoms with Crippen LogP contribution in [0.25, 0.3) is 0 Å². The number of amides is 1. The van der Waals surface area contributed by atoms with Crippen LogP contribution in [-0.4, -0.2) is 37.0 Å². The van der Waals surface area contributed by atoms with Gasteiger partial charge in [0.2, 0.25) is 15.9 Å². The van der Waals surface area contributed by atoms with Crippen molar-refractivity contribution < 1.29 is 30.8 Å². The number of nitrogens with one attached hydrogen (secondary N) is 1. The summed E-state index contributed by atoms with van der Waals surface area (Å²) in [6.45, 7) is 1.21. The molecule has 134 valence electrons. The first-order valence-corrected chi connectivity index (χ1v) is 8.80. The highest BCUT2D eigenvalue weighted by atomic mass is 32.2. The molecule has 0 saturated carbocycles. The summed E-state index contributed by atoms with van der Waals surface area (Å²) >= 11 is 0. The molecule has 1 aliphatic rings. The molecule has 1 aromatic rings. The third-order valence-corrected chi connectivity index (χ3v) is 5.78. The fourth-order valence-electron chi connectivity index (χ4n) is 2.66. The second kappa shape index (κ2) is 6.67. The number of hydrogen-bond acceptors (Lipinski definition) is 3. The number of rotatable bonds is 4. The number of hydrogen-bond donors (Lipinski definition) is 1. The number of alkyl halides is 3. The van der Waals surface area contributed by atoms with Gasteiger partial charge in [0.05, 0.1) is 11.3 Å². The summed E-state index contributed by atoms with van der Waals surface area (Å²) in [4.78, 5) is 12.1. The first-order valence-electron chi connectivity index (χ1n) is 7.19. The average molecular weight is 368 g/mol. The van der Waals surface area contributed by atoms with E-state index in [9.17, 15) is 30.8 Å². The average Bonchev–Trinajstić information content (AvgIpc) is 2.79. The van der Waals surface area contributed by atoms with Gasteiger partial charge < -0.3 is 5.32 Å². The lowest BCUT2D eigenvalue weighted by Gasteiger charge is -2.21. The zero-order chi connectivity index (χ0) is 18.1. The van der Waals surface area contributed by atoms with E-state index < -0.39 is 46.1 Å². The van der Waals surface area contributed by atoms with Crippen molar-refractivity contribution in [2.24, 2.45) is 0 Å². The van der Waals surface area contributed by atoms with Gasteiger partial charge >= 0.3 is 6.18 Å². The summed E-state index contributed by atoms with van der Waals surface area (Å²) < 4.78 is 76.3. The highest BCUT2D eigenvalue weighted by Gasteiger charge is 2.40. The molecule has 1 aliphatic heterocycles. The van der Waals surface area contributed by atoms with E-state index in [1.165, 1.54) is 0 Å². The number of sulfonamides is 1. The van der Waals surface area contributed by atoms with Crippen LogP contribution in [0.2, 0.25) is 0 Å². The lowest BCUT2D eigenvalue weighted by Crippen LogP contribution is -2.44. The van der Waals surface area contributed by atoms with Crippen molar-refractivity contribution in [3.63, 3.8) is 0 Å². The third-order valence-electron chi connectivity index (χ3n) is 3.80. The fraction of sp³-hybridized carbons (Fsp3) is 0.500. The van der Waals surface area contributed by atoms with E-state index >= 15 is 0 Å². The Bertz CT molecular complexity index is 734. The molecule has 1 atom stereocenters. The monoisotopic (exact) mass is 368 g/mol. The van der Waals surface area contributed by atoms with Gasteiger partial charge in [0.15, 0.2) is 0 Å². The molecular formula is C14H16F4N2O3S. The minimum Gasteiger partial charge on any atom is -0.351 e. The standard InChI is InChI=1S/C14H16F4N2O3S/c1-2-20-12(5-6-24(20,22)23)13(21)19-8-9-3-4-10(15)7-11(9)14(16,17)18/h3-4,7,12H,2,5-6,8H2,1H3,(H,19,21). The molecule has 0 aliphatic carbocycles. The van der Waals surface area contributed by atoms with Crippen LogP contribution in [0.15, 0.2) is 18.2 Å². The first-order chi connectivity index (χ1) is 11.1. The van der Waals surface area contributed by atoms with Crippen molar-refractivity contribution in [3.8, 4) is 0 Å². The molecule has 1 unspecified atom stereocenters. The van der Waals surface area contributed by atoms with Crippen LogP contribution in [0.1, 0.15) is 24.5 Å². The molecule has 0 bridgehead atoms. The van der Waals surface area contributed by atoms with Crippen molar-refractivity contribution >= 4 is 15.9 Å². The second-order valence-corrected chi connectivity index (χ2v) is 7.38. The van der Waals surface area contributed by atoms with Crippen LogP contribution in [0.5, 0.6) is 0 Å². The molecule has 0 spiro atoms. The normalized spacial score (nSPS) is 21.0. The number of benzene rings is 1. The maximum Gasteiger partial charge on any atom is 0.416 e. The van der Waals surface area contributed by atoms with Crippen LogP contribution in [0, 0.1) is 5.82 Å². The predicted octanol–water partition coefficient (Wildman–Crippen LogP) is 1.88. The maximum atomic E-state index is 13.0. The van der Waals surface area contributed by atoms with E-state index in [0.29, 0.717) is 6.07 Å². The van der Waals surface area contributed by atoms with Crippen molar-refractivity contribution in [1.29, 1.82) is 0 Å². The zero-order valence-electron chi connectivity index (χ0n) is 12.7. The summed E-state index contributed by atoms with van der Waals surface area (Å²) in [6, 6.07) is 1.24. The van der Waals surface area contributed by atoms with Gasteiger partial charge in [0.25, 0.3) is 0 Å². The van der Waals surface area contributed by atoms with Crippen molar-refractivity contribution in [2.75, 3.05) is 12.3 Å². The van der Waals surface area contributed by atoms with Gasteiger partial charge in [0, 0.05) is 13.1 Å². The summed E-state index contributed by atoms with van der Waals surface area (Å²) in [5.74, 6) is -1.88. The van der Waals surface area contributed by atoms with Gasteiger partial charge in [0.1, 0.15) is 11.9 Å². The van der Waals surface area contributed by atoms with Crippen LogP contribution < -0.4 is 5.32 Å². The number of halogens is 4. The minimum atomic E-state index is -4.76. The summed E-state index contributed by atoms with van der Waals surface area (Å²) in [6.07, 6.45) is -4.67. The van der Waals surface area contributed by atoms with Gasteiger partial charge in [-0.25, -0.2) is 12.8 Å². The van der Waals surface area contributed by atoms with Crippen molar-refractivity contribution in [2.45, 2.75) is 32.1 Å². The van der Waals surface area contributed by atoms with Crippen LogP contribution in [0.3, 0.4) is 0 Å². The summed E-state index contributed by atoms with van der Waals surface area (Å²) in [7, 11) is -3.51. The summed E-state index contributed by atoms with van der Waals surface area (Å²) in [5, 5.41) is 2.31. The van der Waals surface area contributed by atoms with E-state index in [1.54, 1.807) is 6.92 Å². The molecule has 10 heteroatoms. The second-order valence-electron chi connectivity index (χ2n) is 5.34. The lowest BCUT2D eigenvalue weighted by molar-refractivity contribution is -0.138. The van der Waals surface area contributed by atoms with Gasteiger partial charge in [-0.3, -0.25) is 4.79 Å². The fourth-order valence-corrected chi connectivity index (χ4v) is 4.40. The Morgan fingerprint density at radius 3 is 2.62 bits per heavy atom. The van der Waals surface area contributed by atoms with Crippen LogP contribution >= 0.6 is 0 Å². The molecule has 1 saturated heterocycles. The molecule has 1 N–H and O–H groups in total. The first kappa shape index (κ1) is 18.7. The zero-order valence-corrected chi connectivity index (χ0v) is 13.5. The molecule has 1 fully saturated rings. The van der Waals surface area contributed by atoms with E-state index in [-0.39, 0.29) is 24.3 Å². The van der Waals surface area contributed by atoms with Gasteiger partial charge in [-0.1, -0.05) is 13.0 Å². The van der Waals surface area contributed by atoms with E-state index in [1.807, 2.05) is 0 Å². The molecule has 2 rings (SSSR count). The van der Waals surface area contributed by atoms with E-state index in [4.69, 9.17) is 0 Å². The molecule has 1 heterocycles. The molecule has 1 aromatic carbocycles. The van der Waals surface area contributed by atoms with Crippen LogP contribution in [0.4, 0.5) is 17.6 Å². The van der Waals surface area contributed by atoms with Gasteiger partial charge in [-0.05, 0) is 24.1 Å². The SMILES string of the molecule is CCN1C(C(=O)NCc2ccc(F)cc2C(F)(F)F)CCS1(=O)=O. The largest absolute Gasteiger partial charge is 0.416 e. The minimum absolute atomic E-state index is 0.0809. The van der Waals surface area contributed by atoms with E-state index in [0.717, 1.165) is 16.4 Å². The maximum absolute atomic E-state index is 13.0.